The van der Waals surface area contributed by atoms with Crippen LogP contribution in [0.1, 0.15) is 24.5 Å². The van der Waals surface area contributed by atoms with E-state index in [2.05, 4.69) is 4.74 Å². The summed E-state index contributed by atoms with van der Waals surface area (Å²) in [5, 5.41) is 9.59. The van der Waals surface area contributed by atoms with Crippen molar-refractivity contribution in [1.82, 2.24) is 0 Å². The highest BCUT2D eigenvalue weighted by molar-refractivity contribution is 7.91. The van der Waals surface area contributed by atoms with Crippen LogP contribution in [0.15, 0.2) is 17.0 Å². The fourth-order valence-electron chi connectivity index (χ4n) is 2.59. The number of hydrogen-bond donors (Lipinski definition) is 1. The van der Waals surface area contributed by atoms with Crippen molar-refractivity contribution in [3.63, 3.8) is 0 Å². The summed E-state index contributed by atoms with van der Waals surface area (Å²) >= 11 is 0. The molecule has 0 bridgehead atoms. The fraction of sp³-hybridized carbons (Fsp3) is 0.538. The quantitative estimate of drug-likeness (QED) is 0.798. The number of ether oxygens (including phenoxy) is 2. The van der Waals surface area contributed by atoms with Crippen molar-refractivity contribution in [2.24, 2.45) is 0 Å². The van der Waals surface area contributed by atoms with Crippen molar-refractivity contribution < 1.29 is 49.3 Å². The van der Waals surface area contributed by atoms with Crippen LogP contribution in [0.4, 0.5) is 26.3 Å². The Morgan fingerprint density at radius 2 is 1.80 bits per heavy atom. The summed E-state index contributed by atoms with van der Waals surface area (Å²) in [5.74, 6) is -8.40. The molecule has 0 radical (unpaired) electrons. The molecule has 5 nitrogen and oxygen atoms in total. The van der Waals surface area contributed by atoms with Crippen molar-refractivity contribution in [2.75, 3.05) is 0 Å². The summed E-state index contributed by atoms with van der Waals surface area (Å²) in [7, 11) is -5.32. The molecule has 0 saturated heterocycles. The predicted molar refractivity (Wildman–Crippen MR) is 68.8 cm³/mol. The van der Waals surface area contributed by atoms with Crippen molar-refractivity contribution in [3.8, 4) is 11.5 Å². The first kappa shape index (κ1) is 18.1. The van der Waals surface area contributed by atoms with Gasteiger partial charge in [0.2, 0.25) is 9.84 Å². The molecule has 0 spiro atoms. The van der Waals surface area contributed by atoms with E-state index >= 15 is 0 Å². The highest BCUT2D eigenvalue weighted by Crippen LogP contribution is 2.53. The fourth-order valence-corrected chi connectivity index (χ4v) is 3.55. The maximum Gasteiger partial charge on any atom is 0.429 e. The second kappa shape index (κ2) is 5.40. The Morgan fingerprint density at radius 3 is 2.32 bits per heavy atom. The lowest BCUT2D eigenvalue weighted by molar-refractivity contribution is -0.225. The minimum absolute atomic E-state index is 0.542. The van der Waals surface area contributed by atoms with Gasteiger partial charge in [-0.2, -0.15) is 17.6 Å². The Labute approximate surface area is 137 Å². The molecule has 1 N–H and O–H groups in total. The van der Waals surface area contributed by atoms with Crippen LogP contribution >= 0.6 is 0 Å². The molecule has 2 aliphatic rings. The molecular weight excluding hydrogens is 382 g/mol. The zero-order valence-corrected chi connectivity index (χ0v) is 12.9. The van der Waals surface area contributed by atoms with Crippen LogP contribution in [0.3, 0.4) is 0 Å². The van der Waals surface area contributed by atoms with Crippen LogP contribution in [0.5, 0.6) is 11.5 Å². The maximum absolute atomic E-state index is 13.6. The molecule has 1 unspecified atom stereocenters. The normalized spacial score (nSPS) is 24.6. The number of aliphatic hydroxyl groups excluding tert-OH is 1. The zero-order chi connectivity index (χ0) is 18.8. The largest absolute Gasteiger partial charge is 0.486 e. The van der Waals surface area contributed by atoms with Gasteiger partial charge in [0.05, 0.1) is 10.5 Å². The van der Waals surface area contributed by atoms with Crippen molar-refractivity contribution in [3.05, 3.63) is 17.7 Å². The third kappa shape index (κ3) is 2.90. The van der Waals surface area contributed by atoms with E-state index in [1.807, 2.05) is 0 Å². The number of hydrogen-bond acceptors (Lipinski definition) is 5. The van der Waals surface area contributed by atoms with Gasteiger partial charge >= 0.3 is 11.9 Å². The molecule has 0 amide bonds. The molecule has 1 aliphatic carbocycles. The van der Waals surface area contributed by atoms with E-state index in [9.17, 15) is 39.9 Å². The Hall–Kier alpha value is -1.69. The monoisotopic (exact) mass is 392 g/mol. The van der Waals surface area contributed by atoms with E-state index in [4.69, 9.17) is 4.74 Å². The van der Waals surface area contributed by atoms with Crippen molar-refractivity contribution in [2.45, 2.75) is 47.7 Å². The summed E-state index contributed by atoms with van der Waals surface area (Å²) in [4.78, 5) is -1.24. The van der Waals surface area contributed by atoms with Crippen LogP contribution in [0, 0.1) is 0 Å². The second-order valence-electron chi connectivity index (χ2n) is 5.68. The van der Waals surface area contributed by atoms with Gasteiger partial charge in [-0.3, -0.25) is 0 Å². The topological polar surface area (TPSA) is 72.8 Å². The lowest BCUT2D eigenvalue weighted by Gasteiger charge is -2.35. The first-order chi connectivity index (χ1) is 11.3. The van der Waals surface area contributed by atoms with Crippen LogP contribution in [-0.2, 0) is 9.84 Å². The van der Waals surface area contributed by atoms with Crippen LogP contribution in [0.25, 0.3) is 0 Å². The summed E-state index contributed by atoms with van der Waals surface area (Å²) in [6, 6.07) is 1.29. The molecule has 140 valence electrons. The summed E-state index contributed by atoms with van der Waals surface area (Å²) in [6.45, 7) is 0. The number of fused-ring (bicyclic) bond motifs is 1. The number of alkyl halides is 6. The van der Waals surface area contributed by atoms with Gasteiger partial charge in [-0.1, -0.05) is 0 Å². The molecule has 1 atom stereocenters. The summed E-state index contributed by atoms with van der Waals surface area (Å²) in [6.07, 6.45) is -9.57. The molecule has 0 aromatic heterocycles. The van der Waals surface area contributed by atoms with Gasteiger partial charge < -0.3 is 14.6 Å². The number of rotatable bonds is 4. The van der Waals surface area contributed by atoms with E-state index in [0.29, 0.717) is 6.07 Å². The second-order valence-corrected chi connectivity index (χ2v) is 7.57. The smallest absolute Gasteiger partial charge is 0.429 e. The Balaban J connectivity index is 2.05. The van der Waals surface area contributed by atoms with E-state index in [-0.39, 0.29) is 0 Å². The first-order valence-corrected chi connectivity index (χ1v) is 8.38. The molecular formula is C13H10F6O5S. The van der Waals surface area contributed by atoms with Gasteiger partial charge in [-0.05, 0) is 12.1 Å². The molecule has 1 aromatic rings. The van der Waals surface area contributed by atoms with E-state index < -0.39 is 74.6 Å². The lowest BCUT2D eigenvalue weighted by Crippen LogP contribution is -2.43. The van der Waals surface area contributed by atoms with Crippen molar-refractivity contribution in [1.29, 1.82) is 0 Å². The number of halogens is 6. The standard InChI is InChI=1S/C13H10F6O5S/c14-11(15)25(21,22)7-2-1-6(23-5-3-12(16,17)4-5)9-8(7)10(20)13(18,19)24-9/h1-2,5,10-11,20H,3-4H2. The maximum atomic E-state index is 13.6. The molecule has 1 fully saturated rings. The van der Waals surface area contributed by atoms with E-state index in [0.717, 1.165) is 6.07 Å². The molecule has 1 heterocycles. The Bertz CT molecular complexity index is 801. The highest BCUT2D eigenvalue weighted by Gasteiger charge is 2.55. The molecule has 12 heteroatoms. The predicted octanol–water partition coefficient (Wildman–Crippen LogP) is 2.88. The first-order valence-electron chi connectivity index (χ1n) is 6.83. The van der Waals surface area contributed by atoms with Gasteiger partial charge in [-0.15, -0.1) is 0 Å². The van der Waals surface area contributed by atoms with Crippen molar-refractivity contribution >= 4 is 9.84 Å². The Morgan fingerprint density at radius 1 is 1.20 bits per heavy atom. The van der Waals surface area contributed by atoms with Gasteiger partial charge in [0, 0.05) is 12.8 Å². The molecule has 1 saturated carbocycles. The molecule has 1 aliphatic heterocycles. The summed E-state index contributed by atoms with van der Waals surface area (Å²) in [5.41, 5.74) is -1.09. The minimum atomic E-state index is -5.32. The van der Waals surface area contributed by atoms with Crippen LogP contribution in [0.2, 0.25) is 0 Å². The number of benzene rings is 1. The highest BCUT2D eigenvalue weighted by atomic mass is 32.2. The van der Waals surface area contributed by atoms with Gasteiger partial charge in [-0.25, -0.2) is 17.2 Å². The van der Waals surface area contributed by atoms with Gasteiger partial charge in [0.25, 0.3) is 5.92 Å². The Kier molecular flexibility index (Phi) is 3.91. The zero-order valence-electron chi connectivity index (χ0n) is 12.1. The van der Waals surface area contributed by atoms with Gasteiger partial charge in [0.15, 0.2) is 17.6 Å². The van der Waals surface area contributed by atoms with E-state index in [1.165, 1.54) is 0 Å². The molecule has 3 rings (SSSR count). The van der Waals surface area contributed by atoms with Gasteiger partial charge in [0.1, 0.15) is 6.10 Å². The third-order valence-electron chi connectivity index (χ3n) is 3.84. The third-order valence-corrected chi connectivity index (χ3v) is 5.28. The van der Waals surface area contributed by atoms with Crippen LogP contribution < -0.4 is 9.47 Å². The number of sulfone groups is 1. The molecule has 1 aromatic carbocycles. The van der Waals surface area contributed by atoms with Crippen LogP contribution in [-0.4, -0.2) is 37.4 Å². The summed E-state index contributed by atoms with van der Waals surface area (Å²) < 4.78 is 111. The lowest BCUT2D eigenvalue weighted by atomic mass is 9.91. The average molecular weight is 392 g/mol. The number of aliphatic hydroxyl groups is 1. The molecule has 25 heavy (non-hydrogen) atoms. The minimum Gasteiger partial charge on any atom is -0.486 e. The SMILES string of the molecule is O=S(=O)(c1ccc(OC2CC(F)(F)C2)c2c1C(O)C(F)(F)O2)C(F)F. The van der Waals surface area contributed by atoms with E-state index in [1.54, 1.807) is 0 Å². The average Bonchev–Trinajstić information content (AvgIpc) is 2.68.